The molecule has 0 bridgehead atoms. The lowest BCUT2D eigenvalue weighted by Gasteiger charge is -2.06. The fourth-order valence-corrected chi connectivity index (χ4v) is 2.58. The van der Waals surface area contributed by atoms with E-state index in [1.807, 2.05) is 6.20 Å². The molecule has 0 spiro atoms. The van der Waals surface area contributed by atoms with Gasteiger partial charge in [-0.3, -0.25) is 4.98 Å². The molecular formula is C11H12BrNS. The van der Waals surface area contributed by atoms with Crippen LogP contribution < -0.4 is 0 Å². The van der Waals surface area contributed by atoms with Gasteiger partial charge in [-0.2, -0.15) is 0 Å². The number of fused-ring (bicyclic) bond motifs is 1. The van der Waals surface area contributed by atoms with Crippen molar-refractivity contribution in [2.45, 2.75) is 24.6 Å². The van der Waals surface area contributed by atoms with Crippen molar-refractivity contribution in [1.82, 2.24) is 4.98 Å². The van der Waals surface area contributed by atoms with Crippen LogP contribution in [-0.4, -0.2) is 9.81 Å². The normalized spacial score (nSPS) is 13.3. The predicted octanol–water partition coefficient (Wildman–Crippen LogP) is 4.01. The molecule has 2 rings (SSSR count). The van der Waals surface area contributed by atoms with Gasteiger partial charge in [-0.1, -0.05) is 22.9 Å². The van der Waals surface area contributed by atoms with E-state index in [-0.39, 0.29) is 0 Å². The number of hydrogen-bond donors (Lipinski definition) is 0. The van der Waals surface area contributed by atoms with Gasteiger partial charge in [-0.25, -0.2) is 0 Å². The molecular weight excluding hydrogens is 258 g/mol. The summed E-state index contributed by atoms with van der Waals surface area (Å²) in [4.78, 5) is 4.99. The molecule has 3 heteroatoms. The maximum Gasteiger partial charge on any atom is 0.0501 e. The predicted molar refractivity (Wildman–Crippen MR) is 66.3 cm³/mol. The topological polar surface area (TPSA) is 12.9 Å². The van der Waals surface area contributed by atoms with Crippen LogP contribution in [0.1, 0.15) is 19.0 Å². The molecule has 0 aromatic carbocycles. The van der Waals surface area contributed by atoms with Crippen LogP contribution >= 0.6 is 27.3 Å². The van der Waals surface area contributed by atoms with Crippen molar-refractivity contribution < 1.29 is 0 Å². The van der Waals surface area contributed by atoms with Crippen LogP contribution in [0.25, 0.3) is 10.1 Å². The first-order valence-corrected chi connectivity index (χ1v) is 6.56. The first kappa shape index (κ1) is 10.1. The SMILES string of the molecule is CCC(Br)Cc1nccc2sccc12. The van der Waals surface area contributed by atoms with Crippen molar-refractivity contribution in [3.63, 3.8) is 0 Å². The summed E-state index contributed by atoms with van der Waals surface area (Å²) in [7, 11) is 0. The van der Waals surface area contributed by atoms with Crippen LogP contribution in [0.2, 0.25) is 0 Å². The molecule has 0 aliphatic carbocycles. The quantitative estimate of drug-likeness (QED) is 0.768. The molecule has 0 amide bonds. The number of pyridine rings is 1. The number of alkyl halides is 1. The van der Waals surface area contributed by atoms with Crippen molar-refractivity contribution in [2.75, 3.05) is 0 Å². The smallest absolute Gasteiger partial charge is 0.0501 e. The molecule has 2 heterocycles. The summed E-state index contributed by atoms with van der Waals surface area (Å²) in [5.41, 5.74) is 1.22. The van der Waals surface area contributed by atoms with Gasteiger partial charge in [0.05, 0.1) is 5.69 Å². The van der Waals surface area contributed by atoms with E-state index < -0.39 is 0 Å². The molecule has 0 saturated carbocycles. The Balaban J connectivity index is 2.36. The Morgan fingerprint density at radius 2 is 2.36 bits per heavy atom. The van der Waals surface area contributed by atoms with Gasteiger partial charge in [0, 0.05) is 27.5 Å². The van der Waals surface area contributed by atoms with Gasteiger partial charge in [-0.15, -0.1) is 11.3 Å². The first-order chi connectivity index (χ1) is 6.81. The van der Waals surface area contributed by atoms with Crippen LogP contribution in [-0.2, 0) is 6.42 Å². The Morgan fingerprint density at radius 1 is 1.50 bits per heavy atom. The van der Waals surface area contributed by atoms with Gasteiger partial charge in [0.25, 0.3) is 0 Å². The monoisotopic (exact) mass is 269 g/mol. The molecule has 0 N–H and O–H groups in total. The van der Waals surface area contributed by atoms with Gasteiger partial charge < -0.3 is 0 Å². The Morgan fingerprint density at radius 3 is 3.14 bits per heavy atom. The second-order valence-electron chi connectivity index (χ2n) is 3.30. The standard InChI is InChI=1S/C11H12BrNS/c1-2-8(12)7-10-9-4-6-14-11(9)3-5-13-10/h3-6,8H,2,7H2,1H3. The second kappa shape index (κ2) is 4.41. The third-order valence-electron chi connectivity index (χ3n) is 2.32. The van der Waals surface area contributed by atoms with E-state index in [1.165, 1.54) is 15.8 Å². The molecule has 2 aromatic rings. The molecule has 2 aromatic heterocycles. The summed E-state index contributed by atoms with van der Waals surface area (Å²) in [5.74, 6) is 0. The number of aromatic nitrogens is 1. The zero-order valence-electron chi connectivity index (χ0n) is 8.03. The maximum absolute atomic E-state index is 4.44. The van der Waals surface area contributed by atoms with Gasteiger partial charge in [0.2, 0.25) is 0 Å². The summed E-state index contributed by atoms with van der Waals surface area (Å²) in [6.45, 7) is 2.19. The Bertz CT molecular complexity index is 424. The first-order valence-electron chi connectivity index (χ1n) is 4.76. The van der Waals surface area contributed by atoms with E-state index >= 15 is 0 Å². The number of nitrogens with zero attached hydrogens (tertiary/aromatic N) is 1. The molecule has 1 nitrogen and oxygen atoms in total. The summed E-state index contributed by atoms with van der Waals surface area (Å²) < 4.78 is 1.34. The van der Waals surface area contributed by atoms with Crippen LogP contribution in [0.5, 0.6) is 0 Å². The highest BCUT2D eigenvalue weighted by atomic mass is 79.9. The highest BCUT2D eigenvalue weighted by Crippen LogP contribution is 2.24. The van der Waals surface area contributed by atoms with Crippen molar-refractivity contribution in [1.29, 1.82) is 0 Å². The third kappa shape index (κ3) is 1.98. The number of thiophene rings is 1. The molecule has 0 aliphatic rings. The van der Waals surface area contributed by atoms with Gasteiger partial charge >= 0.3 is 0 Å². The van der Waals surface area contributed by atoms with Crippen LogP contribution in [0, 0.1) is 0 Å². The van der Waals surface area contributed by atoms with Crippen LogP contribution in [0.4, 0.5) is 0 Å². The van der Waals surface area contributed by atoms with E-state index in [0.717, 1.165) is 12.8 Å². The van der Waals surface area contributed by atoms with Crippen molar-refractivity contribution in [3.05, 3.63) is 29.4 Å². The zero-order valence-corrected chi connectivity index (χ0v) is 10.4. The molecule has 0 aliphatic heterocycles. The largest absolute Gasteiger partial charge is 0.261 e. The summed E-state index contributed by atoms with van der Waals surface area (Å²) in [6.07, 6.45) is 4.07. The lowest BCUT2D eigenvalue weighted by atomic mass is 10.1. The van der Waals surface area contributed by atoms with E-state index in [0.29, 0.717) is 4.83 Å². The lowest BCUT2D eigenvalue weighted by molar-refractivity contribution is 0.815. The fourth-order valence-electron chi connectivity index (χ4n) is 1.47. The van der Waals surface area contributed by atoms with Gasteiger partial charge in [0.1, 0.15) is 0 Å². The average Bonchev–Trinajstić information content (AvgIpc) is 2.66. The molecule has 0 radical (unpaired) electrons. The summed E-state index contributed by atoms with van der Waals surface area (Å²) >= 11 is 5.43. The Hall–Kier alpha value is -0.410. The zero-order chi connectivity index (χ0) is 9.97. The molecule has 14 heavy (non-hydrogen) atoms. The Labute approximate surface area is 96.3 Å². The van der Waals surface area contributed by atoms with Crippen molar-refractivity contribution in [3.8, 4) is 0 Å². The van der Waals surface area contributed by atoms with Crippen molar-refractivity contribution >= 4 is 37.4 Å². The van der Waals surface area contributed by atoms with Crippen LogP contribution in [0.15, 0.2) is 23.7 Å². The third-order valence-corrected chi connectivity index (χ3v) is 4.17. The average molecular weight is 270 g/mol. The second-order valence-corrected chi connectivity index (χ2v) is 5.54. The minimum absolute atomic E-state index is 0.542. The van der Waals surface area contributed by atoms with E-state index in [1.54, 1.807) is 11.3 Å². The highest BCUT2D eigenvalue weighted by molar-refractivity contribution is 9.09. The molecule has 74 valence electrons. The number of rotatable bonds is 3. The minimum Gasteiger partial charge on any atom is -0.261 e. The van der Waals surface area contributed by atoms with Gasteiger partial charge in [-0.05, 0) is 23.9 Å². The molecule has 1 atom stereocenters. The molecule has 0 saturated heterocycles. The number of hydrogen-bond acceptors (Lipinski definition) is 2. The van der Waals surface area contributed by atoms with Crippen LogP contribution in [0.3, 0.4) is 0 Å². The van der Waals surface area contributed by atoms with E-state index in [4.69, 9.17) is 0 Å². The summed E-state index contributed by atoms with van der Waals surface area (Å²) in [5, 5.41) is 3.45. The van der Waals surface area contributed by atoms with E-state index in [9.17, 15) is 0 Å². The van der Waals surface area contributed by atoms with Gasteiger partial charge in [0.15, 0.2) is 0 Å². The molecule has 0 fully saturated rings. The van der Waals surface area contributed by atoms with E-state index in [2.05, 4.69) is 45.4 Å². The Kier molecular flexibility index (Phi) is 3.19. The maximum atomic E-state index is 4.44. The molecule has 1 unspecified atom stereocenters. The lowest BCUT2D eigenvalue weighted by Crippen LogP contribution is -2.02. The fraction of sp³-hybridized carbons (Fsp3) is 0.364. The highest BCUT2D eigenvalue weighted by Gasteiger charge is 2.07. The minimum atomic E-state index is 0.542. The number of halogens is 1. The van der Waals surface area contributed by atoms with Crippen molar-refractivity contribution in [2.24, 2.45) is 0 Å². The summed E-state index contributed by atoms with van der Waals surface area (Å²) in [6, 6.07) is 4.25.